The molecule has 5 rings (SSSR count). The average molecular weight is 414 g/mol. The van der Waals surface area contributed by atoms with Crippen molar-refractivity contribution in [2.24, 2.45) is 0 Å². The minimum Gasteiger partial charge on any atom is -0.478 e. The molecule has 1 saturated carbocycles. The lowest BCUT2D eigenvalue weighted by Gasteiger charge is -2.42. The maximum Gasteiger partial charge on any atom is 0.405 e. The van der Waals surface area contributed by atoms with E-state index in [2.05, 4.69) is 10.3 Å². The molecule has 31 heavy (non-hydrogen) atoms. The van der Waals surface area contributed by atoms with Crippen LogP contribution >= 0.6 is 0 Å². The van der Waals surface area contributed by atoms with Gasteiger partial charge in [-0.15, -0.1) is 0 Å². The van der Waals surface area contributed by atoms with Crippen molar-refractivity contribution < 1.29 is 14.6 Å². The van der Waals surface area contributed by atoms with Gasteiger partial charge < -0.3 is 15.2 Å². The van der Waals surface area contributed by atoms with Crippen LogP contribution in [0.15, 0.2) is 67.0 Å². The molecule has 7 heteroatoms. The van der Waals surface area contributed by atoms with E-state index < -0.39 is 11.6 Å². The Morgan fingerprint density at radius 3 is 2.45 bits per heavy atom. The smallest absolute Gasteiger partial charge is 0.405 e. The summed E-state index contributed by atoms with van der Waals surface area (Å²) in [6.45, 7) is 0. The van der Waals surface area contributed by atoms with Gasteiger partial charge in [0.05, 0.1) is 24.0 Å². The van der Waals surface area contributed by atoms with Gasteiger partial charge in [-0.25, -0.2) is 14.8 Å². The number of imidazole rings is 1. The Morgan fingerprint density at radius 1 is 1.10 bits per heavy atom. The molecule has 1 aliphatic rings. The van der Waals surface area contributed by atoms with Crippen LogP contribution in [0.1, 0.15) is 24.8 Å². The number of rotatable bonds is 5. The van der Waals surface area contributed by atoms with Crippen LogP contribution in [0, 0.1) is 0 Å². The Kier molecular flexibility index (Phi) is 4.58. The van der Waals surface area contributed by atoms with Crippen LogP contribution in [0.2, 0.25) is 0 Å². The summed E-state index contributed by atoms with van der Waals surface area (Å²) in [4.78, 5) is 20.4. The van der Waals surface area contributed by atoms with Crippen molar-refractivity contribution in [3.05, 3.63) is 72.6 Å². The summed E-state index contributed by atoms with van der Waals surface area (Å²) < 4.78 is 7.42. The van der Waals surface area contributed by atoms with Gasteiger partial charge in [0.2, 0.25) is 5.65 Å². The number of nitrogens with zero attached hydrogens (tertiary/aromatic N) is 3. The fourth-order valence-electron chi connectivity index (χ4n) is 4.34. The third-order valence-corrected chi connectivity index (χ3v) is 6.01. The van der Waals surface area contributed by atoms with Crippen LogP contribution in [0.3, 0.4) is 0 Å². The lowest BCUT2D eigenvalue weighted by Crippen LogP contribution is -2.50. The lowest BCUT2D eigenvalue weighted by atomic mass is 9.72. The van der Waals surface area contributed by atoms with Gasteiger partial charge in [0, 0.05) is 23.5 Å². The molecule has 1 amide bonds. The van der Waals surface area contributed by atoms with Crippen LogP contribution < -0.4 is 10.1 Å². The normalized spacial score (nSPS) is 14.7. The van der Waals surface area contributed by atoms with E-state index in [1.807, 2.05) is 65.2 Å². The molecule has 0 atom stereocenters. The number of fused-ring (bicyclic) bond motifs is 1. The molecule has 2 N–H and O–H groups in total. The largest absolute Gasteiger partial charge is 0.478 e. The molecule has 0 spiro atoms. The number of hydrogen-bond donors (Lipinski definition) is 2. The number of methoxy groups -OCH3 is 1. The summed E-state index contributed by atoms with van der Waals surface area (Å²) in [5, 5.41) is 12.0. The predicted molar refractivity (Wildman–Crippen MR) is 117 cm³/mol. The molecule has 0 aliphatic heterocycles. The van der Waals surface area contributed by atoms with E-state index in [-0.39, 0.29) is 0 Å². The standard InChI is InChI=1S/C24H22N4O3/c1-31-22-21-26-19(20(28(21)15-14-25-22)17-6-3-2-4-7-17)16-8-10-18(11-9-16)24(12-5-13-24)27-23(29)30/h2-4,6-11,14-15,27H,5,12-13H2,1H3,(H,29,30). The Hall–Kier alpha value is -3.87. The topological polar surface area (TPSA) is 88.8 Å². The molecular weight excluding hydrogens is 392 g/mol. The Labute approximate surface area is 179 Å². The van der Waals surface area contributed by atoms with Crippen LogP contribution in [0.5, 0.6) is 5.88 Å². The van der Waals surface area contributed by atoms with E-state index in [9.17, 15) is 9.90 Å². The second-order valence-electron chi connectivity index (χ2n) is 7.75. The van der Waals surface area contributed by atoms with E-state index in [4.69, 9.17) is 9.72 Å². The fourth-order valence-corrected chi connectivity index (χ4v) is 4.34. The first-order valence-corrected chi connectivity index (χ1v) is 10.2. The molecule has 2 aromatic carbocycles. The zero-order chi connectivity index (χ0) is 21.4. The highest BCUT2D eigenvalue weighted by molar-refractivity contribution is 5.83. The second-order valence-corrected chi connectivity index (χ2v) is 7.75. The Balaban J connectivity index is 1.64. The van der Waals surface area contributed by atoms with Crippen molar-refractivity contribution in [1.29, 1.82) is 0 Å². The van der Waals surface area contributed by atoms with Gasteiger partial charge in [-0.1, -0.05) is 54.6 Å². The number of carbonyl (C=O) groups is 1. The predicted octanol–water partition coefficient (Wildman–Crippen LogP) is 4.72. The molecule has 2 heterocycles. The lowest BCUT2D eigenvalue weighted by molar-refractivity contribution is 0.144. The van der Waals surface area contributed by atoms with Crippen LogP contribution in [0.25, 0.3) is 28.2 Å². The van der Waals surface area contributed by atoms with Crippen molar-refractivity contribution in [1.82, 2.24) is 19.7 Å². The average Bonchev–Trinajstić information content (AvgIpc) is 3.16. The van der Waals surface area contributed by atoms with Gasteiger partial charge >= 0.3 is 6.09 Å². The summed E-state index contributed by atoms with van der Waals surface area (Å²) in [5.41, 5.74) is 4.88. The molecular formula is C24H22N4O3. The maximum atomic E-state index is 11.3. The molecule has 7 nitrogen and oxygen atoms in total. The fraction of sp³-hybridized carbons (Fsp3) is 0.208. The van der Waals surface area contributed by atoms with E-state index in [1.165, 1.54) is 0 Å². The third kappa shape index (κ3) is 3.18. The van der Waals surface area contributed by atoms with Crippen molar-refractivity contribution in [3.8, 4) is 28.4 Å². The summed E-state index contributed by atoms with van der Waals surface area (Å²) >= 11 is 0. The summed E-state index contributed by atoms with van der Waals surface area (Å²) in [6.07, 6.45) is 5.22. The highest BCUT2D eigenvalue weighted by Gasteiger charge is 2.40. The highest BCUT2D eigenvalue weighted by atomic mass is 16.5. The zero-order valence-electron chi connectivity index (χ0n) is 17.1. The van der Waals surface area contributed by atoms with Gasteiger partial charge in [-0.05, 0) is 24.8 Å². The molecule has 0 bridgehead atoms. The molecule has 1 aliphatic carbocycles. The van der Waals surface area contributed by atoms with E-state index in [1.54, 1.807) is 13.3 Å². The molecule has 0 saturated heterocycles. The number of carboxylic acid groups (broad SMARTS) is 1. The number of hydrogen-bond acceptors (Lipinski definition) is 4. The summed E-state index contributed by atoms with van der Waals surface area (Å²) in [6, 6.07) is 18.1. The number of benzene rings is 2. The van der Waals surface area contributed by atoms with Gasteiger partial charge in [0.25, 0.3) is 5.88 Å². The minimum atomic E-state index is -0.991. The van der Waals surface area contributed by atoms with Crippen molar-refractivity contribution in [3.63, 3.8) is 0 Å². The SMILES string of the molecule is COc1nccn2c(-c3ccccc3)c(-c3ccc(C4(NC(=O)O)CCC4)cc3)nc12. The minimum absolute atomic E-state index is 0.460. The van der Waals surface area contributed by atoms with Gasteiger partial charge in [-0.2, -0.15) is 0 Å². The monoisotopic (exact) mass is 414 g/mol. The Bertz CT molecular complexity index is 1250. The molecule has 0 radical (unpaired) electrons. The van der Waals surface area contributed by atoms with Crippen molar-refractivity contribution >= 4 is 11.7 Å². The number of aromatic nitrogens is 3. The summed E-state index contributed by atoms with van der Waals surface area (Å²) in [5.74, 6) is 0.460. The van der Waals surface area contributed by atoms with Gasteiger partial charge in [-0.3, -0.25) is 4.40 Å². The molecule has 0 unspecified atom stereocenters. The van der Waals surface area contributed by atoms with Crippen LogP contribution in [-0.4, -0.2) is 32.7 Å². The van der Waals surface area contributed by atoms with Gasteiger partial charge in [0.1, 0.15) is 0 Å². The first-order chi connectivity index (χ1) is 15.1. The number of amides is 1. The van der Waals surface area contributed by atoms with E-state index in [0.29, 0.717) is 11.5 Å². The van der Waals surface area contributed by atoms with Crippen LogP contribution in [-0.2, 0) is 5.54 Å². The highest BCUT2D eigenvalue weighted by Crippen LogP contribution is 2.42. The number of ether oxygens (including phenoxy) is 1. The molecule has 1 fully saturated rings. The molecule has 2 aromatic heterocycles. The van der Waals surface area contributed by atoms with Crippen LogP contribution in [0.4, 0.5) is 4.79 Å². The first kappa shape index (κ1) is 19.1. The van der Waals surface area contributed by atoms with Crippen molar-refractivity contribution in [2.45, 2.75) is 24.8 Å². The van der Waals surface area contributed by atoms with E-state index in [0.717, 1.165) is 47.3 Å². The third-order valence-electron chi connectivity index (χ3n) is 6.01. The Morgan fingerprint density at radius 2 is 1.84 bits per heavy atom. The molecule has 156 valence electrons. The quantitative estimate of drug-likeness (QED) is 0.493. The molecule has 4 aromatic rings. The number of nitrogens with one attached hydrogen (secondary N) is 1. The second kappa shape index (κ2) is 7.43. The maximum absolute atomic E-state index is 11.3. The summed E-state index contributed by atoms with van der Waals surface area (Å²) in [7, 11) is 1.58. The first-order valence-electron chi connectivity index (χ1n) is 10.2. The van der Waals surface area contributed by atoms with Crippen molar-refractivity contribution in [2.75, 3.05) is 7.11 Å². The van der Waals surface area contributed by atoms with E-state index >= 15 is 0 Å². The zero-order valence-corrected chi connectivity index (χ0v) is 17.1. The van der Waals surface area contributed by atoms with Gasteiger partial charge in [0.15, 0.2) is 0 Å².